The molecule has 4 rings (SSSR count). The largest absolute Gasteiger partial charge is 0.489 e. The first-order valence-electron chi connectivity index (χ1n) is 12.9. The van der Waals surface area contributed by atoms with Gasteiger partial charge in [-0.15, -0.1) is 11.3 Å². The number of aryl methyl sites for hydroxylation is 1. The van der Waals surface area contributed by atoms with Gasteiger partial charge in [-0.05, 0) is 87.1 Å². The Bertz CT molecular complexity index is 1420. The van der Waals surface area contributed by atoms with E-state index >= 15 is 0 Å². The number of esters is 1. The first-order valence-corrected chi connectivity index (χ1v) is 14.5. The van der Waals surface area contributed by atoms with Crippen LogP contribution in [0.3, 0.4) is 0 Å². The molecule has 1 aliphatic rings. The number of ether oxygens (including phenoxy) is 2. The van der Waals surface area contributed by atoms with E-state index in [1.54, 1.807) is 56.3 Å². The van der Waals surface area contributed by atoms with Crippen LogP contribution < -0.4 is 15.5 Å². The van der Waals surface area contributed by atoms with E-state index in [0.29, 0.717) is 37.6 Å². The van der Waals surface area contributed by atoms with Gasteiger partial charge in [0.05, 0.1) is 17.9 Å². The van der Waals surface area contributed by atoms with Gasteiger partial charge in [-0.1, -0.05) is 35.7 Å². The number of nitrogens with one attached hydrogen (secondary N) is 2. The maximum absolute atomic E-state index is 12.7. The molecule has 210 valence electrons. The van der Waals surface area contributed by atoms with E-state index in [9.17, 15) is 14.4 Å². The molecule has 40 heavy (non-hydrogen) atoms. The summed E-state index contributed by atoms with van der Waals surface area (Å²) >= 11 is 13.7. The third-order valence-electron chi connectivity index (χ3n) is 6.38. The van der Waals surface area contributed by atoms with Crippen molar-refractivity contribution in [1.29, 1.82) is 0 Å². The highest BCUT2D eigenvalue weighted by molar-refractivity contribution is 7.17. The van der Waals surface area contributed by atoms with Crippen LogP contribution in [-0.2, 0) is 33.8 Å². The summed E-state index contributed by atoms with van der Waals surface area (Å²) in [4.78, 5) is 39.0. The summed E-state index contributed by atoms with van der Waals surface area (Å²) in [6.45, 7) is 3.86. The van der Waals surface area contributed by atoms with Crippen LogP contribution in [0.2, 0.25) is 10.0 Å². The standard InChI is InChI=1S/C29H29Cl2N3O5S/c1-3-38-29(37)25-20-8-5-4-6-11-24(20)40-28(25)32-26(35)27(36)34-33-17(2)18-12-14-19(15-13-18)39-16-21-22(30)9-7-10-23(21)31/h7,9-10,12-15H,3-6,8,11,16H2,1-2H3,(H,32,35)(H,34,36). The van der Waals surface area contributed by atoms with Crippen molar-refractivity contribution in [2.75, 3.05) is 11.9 Å². The molecule has 1 aromatic heterocycles. The van der Waals surface area contributed by atoms with E-state index < -0.39 is 17.8 Å². The zero-order valence-electron chi connectivity index (χ0n) is 22.1. The number of hydrazone groups is 1. The predicted molar refractivity (Wildman–Crippen MR) is 158 cm³/mol. The average Bonchev–Trinajstić information content (AvgIpc) is 3.11. The maximum atomic E-state index is 12.7. The van der Waals surface area contributed by atoms with Gasteiger partial charge in [-0.25, -0.2) is 10.2 Å². The van der Waals surface area contributed by atoms with Crippen molar-refractivity contribution >= 4 is 63.0 Å². The molecule has 0 atom stereocenters. The van der Waals surface area contributed by atoms with E-state index in [1.165, 1.54) is 11.3 Å². The third-order valence-corrected chi connectivity index (χ3v) is 8.29. The maximum Gasteiger partial charge on any atom is 0.341 e. The summed E-state index contributed by atoms with van der Waals surface area (Å²) in [5.74, 6) is -1.76. The number of amides is 2. The van der Waals surface area contributed by atoms with Crippen LogP contribution >= 0.6 is 34.5 Å². The smallest absolute Gasteiger partial charge is 0.341 e. The number of carbonyl (C=O) groups excluding carboxylic acids is 3. The Kier molecular flexibility index (Phi) is 10.2. The van der Waals surface area contributed by atoms with Crippen LogP contribution in [0.25, 0.3) is 0 Å². The fourth-order valence-corrected chi connectivity index (χ4v) is 6.06. The first kappa shape index (κ1) is 29.6. The number of hydrogen-bond donors (Lipinski definition) is 2. The third kappa shape index (κ3) is 7.21. The van der Waals surface area contributed by atoms with E-state index in [2.05, 4.69) is 15.8 Å². The quantitative estimate of drug-likeness (QED) is 0.0999. The molecule has 0 unspecified atom stereocenters. The Morgan fingerprint density at radius 2 is 1.68 bits per heavy atom. The summed E-state index contributed by atoms with van der Waals surface area (Å²) in [7, 11) is 0. The monoisotopic (exact) mass is 601 g/mol. The molecule has 0 fully saturated rings. The topological polar surface area (TPSA) is 106 Å². The second kappa shape index (κ2) is 13.8. The highest BCUT2D eigenvalue weighted by Crippen LogP contribution is 2.38. The second-order valence-corrected chi connectivity index (χ2v) is 11.0. The molecular weight excluding hydrogens is 573 g/mol. The average molecular weight is 603 g/mol. The van der Waals surface area contributed by atoms with Crippen LogP contribution in [0, 0.1) is 0 Å². The summed E-state index contributed by atoms with van der Waals surface area (Å²) in [6.07, 6.45) is 4.62. The van der Waals surface area contributed by atoms with Gasteiger partial charge in [0.15, 0.2) is 0 Å². The highest BCUT2D eigenvalue weighted by atomic mass is 35.5. The van der Waals surface area contributed by atoms with Gasteiger partial charge in [0, 0.05) is 20.5 Å². The van der Waals surface area contributed by atoms with Crippen LogP contribution in [0.4, 0.5) is 5.00 Å². The van der Waals surface area contributed by atoms with Crippen LogP contribution in [0.1, 0.15) is 65.0 Å². The molecule has 0 saturated carbocycles. The number of benzene rings is 2. The van der Waals surface area contributed by atoms with Gasteiger partial charge in [-0.2, -0.15) is 5.10 Å². The molecule has 2 aromatic carbocycles. The van der Waals surface area contributed by atoms with Crippen molar-refractivity contribution in [2.45, 2.75) is 52.6 Å². The van der Waals surface area contributed by atoms with E-state index in [0.717, 1.165) is 48.1 Å². The van der Waals surface area contributed by atoms with Crippen LogP contribution in [0.15, 0.2) is 47.6 Å². The highest BCUT2D eigenvalue weighted by Gasteiger charge is 2.28. The number of anilines is 1. The Morgan fingerprint density at radius 1 is 0.975 bits per heavy atom. The molecule has 2 amide bonds. The van der Waals surface area contributed by atoms with Crippen molar-refractivity contribution < 1.29 is 23.9 Å². The summed E-state index contributed by atoms with van der Waals surface area (Å²) in [6, 6.07) is 12.3. The molecule has 8 nitrogen and oxygen atoms in total. The SMILES string of the molecule is CCOC(=O)c1c(NC(=O)C(=O)NN=C(C)c2ccc(OCc3c(Cl)cccc3Cl)cc2)sc2c1CCCCC2. The van der Waals surface area contributed by atoms with Crippen molar-refractivity contribution in [2.24, 2.45) is 5.10 Å². The zero-order chi connectivity index (χ0) is 28.6. The van der Waals surface area contributed by atoms with Gasteiger partial charge in [-0.3, -0.25) is 9.59 Å². The Balaban J connectivity index is 1.38. The molecule has 11 heteroatoms. The number of thiophene rings is 1. The fraction of sp³-hybridized carbons (Fsp3) is 0.310. The molecule has 0 spiro atoms. The minimum absolute atomic E-state index is 0.210. The molecule has 1 heterocycles. The first-order chi connectivity index (χ1) is 19.3. The lowest BCUT2D eigenvalue weighted by molar-refractivity contribution is -0.136. The van der Waals surface area contributed by atoms with Crippen molar-refractivity contribution in [3.05, 3.63) is 79.6 Å². The number of hydrogen-bond acceptors (Lipinski definition) is 7. The normalized spacial score (nSPS) is 13.2. The van der Waals surface area contributed by atoms with Crippen molar-refractivity contribution in [1.82, 2.24) is 5.43 Å². The number of carbonyl (C=O) groups is 3. The minimum atomic E-state index is -0.950. The van der Waals surface area contributed by atoms with Gasteiger partial charge in [0.25, 0.3) is 0 Å². The van der Waals surface area contributed by atoms with Crippen molar-refractivity contribution in [3.63, 3.8) is 0 Å². The number of halogens is 2. The second-order valence-electron chi connectivity index (χ2n) is 9.09. The Labute approximate surface area is 246 Å². The molecular formula is C29H29Cl2N3O5S. The molecule has 3 aromatic rings. The Morgan fingerprint density at radius 3 is 2.38 bits per heavy atom. The molecule has 2 N–H and O–H groups in total. The van der Waals surface area contributed by atoms with Crippen LogP contribution in [-0.4, -0.2) is 30.1 Å². The molecule has 0 bridgehead atoms. The molecule has 0 radical (unpaired) electrons. The van der Waals surface area contributed by atoms with Gasteiger partial charge in [0.1, 0.15) is 17.4 Å². The number of fused-ring (bicyclic) bond motifs is 1. The lowest BCUT2D eigenvalue weighted by Crippen LogP contribution is -2.33. The zero-order valence-corrected chi connectivity index (χ0v) is 24.5. The van der Waals surface area contributed by atoms with Crippen molar-refractivity contribution in [3.8, 4) is 5.75 Å². The summed E-state index contributed by atoms with van der Waals surface area (Å²) < 4.78 is 11.0. The lowest BCUT2D eigenvalue weighted by Gasteiger charge is -2.10. The molecule has 1 aliphatic carbocycles. The van der Waals surface area contributed by atoms with E-state index in [4.69, 9.17) is 32.7 Å². The fourth-order valence-electron chi connectivity index (χ4n) is 4.28. The van der Waals surface area contributed by atoms with E-state index in [-0.39, 0.29) is 13.2 Å². The summed E-state index contributed by atoms with van der Waals surface area (Å²) in [5, 5.41) is 8.04. The predicted octanol–water partition coefficient (Wildman–Crippen LogP) is 6.56. The summed E-state index contributed by atoms with van der Waals surface area (Å²) in [5.41, 5.74) is 5.44. The van der Waals surface area contributed by atoms with Gasteiger partial charge in [0.2, 0.25) is 0 Å². The lowest BCUT2D eigenvalue weighted by atomic mass is 10.1. The van der Waals surface area contributed by atoms with Crippen LogP contribution in [0.5, 0.6) is 5.75 Å². The molecule has 0 saturated heterocycles. The Hall–Kier alpha value is -3.40. The number of nitrogens with zero attached hydrogens (tertiary/aromatic N) is 1. The van der Waals surface area contributed by atoms with E-state index in [1.807, 2.05) is 0 Å². The van der Waals surface area contributed by atoms with Gasteiger partial charge >= 0.3 is 17.8 Å². The number of rotatable bonds is 8. The molecule has 0 aliphatic heterocycles. The minimum Gasteiger partial charge on any atom is -0.489 e. The van der Waals surface area contributed by atoms with Gasteiger partial charge < -0.3 is 14.8 Å².